The molecule has 3 aliphatic heterocycles. The summed E-state index contributed by atoms with van der Waals surface area (Å²) in [6, 6.07) is 6.85. The topological polar surface area (TPSA) is 79.0 Å². The average Bonchev–Trinajstić information content (AvgIpc) is 3.22. The lowest BCUT2D eigenvalue weighted by molar-refractivity contribution is 0.366. The van der Waals surface area contributed by atoms with Crippen molar-refractivity contribution in [3.63, 3.8) is 0 Å². The van der Waals surface area contributed by atoms with Crippen LogP contribution in [-0.2, 0) is 11.3 Å². The number of allylic oxidation sites excluding steroid dienone is 2. The summed E-state index contributed by atoms with van der Waals surface area (Å²) in [5.74, 6) is -0.405. The molecule has 0 bridgehead atoms. The Morgan fingerprint density at radius 3 is 2.68 bits per heavy atom. The number of nitrogens with zero attached hydrogens (tertiary/aromatic N) is 4. The molecule has 34 heavy (non-hydrogen) atoms. The van der Waals surface area contributed by atoms with E-state index >= 15 is 0 Å². The third-order valence-corrected chi connectivity index (χ3v) is 6.17. The van der Waals surface area contributed by atoms with Gasteiger partial charge < -0.3 is 9.30 Å². The van der Waals surface area contributed by atoms with Crippen molar-refractivity contribution < 1.29 is 9.13 Å². The van der Waals surface area contributed by atoms with Crippen LogP contribution in [0.5, 0.6) is 0 Å². The Bertz CT molecular complexity index is 1470. The van der Waals surface area contributed by atoms with E-state index < -0.39 is 17.1 Å². The largest absolute Gasteiger partial charge is 0.462 e. The quantitative estimate of drug-likeness (QED) is 0.347. The number of thiazole rings is 1. The summed E-state index contributed by atoms with van der Waals surface area (Å²) in [6.07, 6.45) is 10.7. The predicted molar refractivity (Wildman–Crippen MR) is 130 cm³/mol. The fourth-order valence-corrected chi connectivity index (χ4v) is 4.26. The molecular formula is C22H13Cl3FN4O3S. The number of halogens is 4. The van der Waals surface area contributed by atoms with Gasteiger partial charge in [-0.25, -0.2) is 18.7 Å². The minimum Gasteiger partial charge on any atom is -0.462 e. The van der Waals surface area contributed by atoms with Crippen molar-refractivity contribution >= 4 is 46.1 Å². The molecule has 173 valence electrons. The molecule has 1 radical (unpaired) electrons. The highest BCUT2D eigenvalue weighted by molar-refractivity contribution is 7.15. The third kappa shape index (κ3) is 5.39. The van der Waals surface area contributed by atoms with E-state index in [1.54, 1.807) is 41.2 Å². The Kier molecular flexibility index (Phi) is 7.47. The van der Waals surface area contributed by atoms with Crippen molar-refractivity contribution in [1.82, 2.24) is 19.1 Å². The van der Waals surface area contributed by atoms with Gasteiger partial charge in [-0.05, 0) is 42.5 Å². The maximum absolute atomic E-state index is 13.4. The van der Waals surface area contributed by atoms with Crippen LogP contribution in [0.4, 0.5) is 4.39 Å². The molecule has 2 aromatic rings. The molecule has 7 nitrogen and oxygen atoms in total. The fourth-order valence-electron chi connectivity index (χ4n) is 3.00. The smallest absolute Gasteiger partial charge is 0.357 e. The normalized spacial score (nSPS) is 12.9. The van der Waals surface area contributed by atoms with Gasteiger partial charge >= 0.3 is 5.69 Å². The summed E-state index contributed by atoms with van der Waals surface area (Å²) in [4.78, 5) is 34.3. The molecule has 1 atom stereocenters. The van der Waals surface area contributed by atoms with Gasteiger partial charge in [0.1, 0.15) is 5.82 Å². The molecule has 5 rings (SSSR count). The van der Waals surface area contributed by atoms with E-state index in [-0.39, 0.29) is 27.5 Å². The number of aromatic nitrogens is 4. The molecule has 0 fully saturated rings. The highest BCUT2D eigenvalue weighted by Crippen LogP contribution is 2.22. The first-order valence-electron chi connectivity index (χ1n) is 9.56. The molecule has 12 heteroatoms. The van der Waals surface area contributed by atoms with Crippen LogP contribution in [0.15, 0.2) is 70.7 Å². The number of rotatable bonds is 3. The SMILES string of the molecule is ClC1C=[C]OC=C1.O=c1nc2n(Cc3cnc(Cl)s3)cccc-2c(=O)n1-c1ccc(F)c(Cl)c1. The van der Waals surface area contributed by atoms with Crippen LogP contribution in [0, 0.1) is 12.1 Å². The average molecular weight is 539 g/mol. The monoisotopic (exact) mass is 537 g/mol. The molecule has 1 unspecified atom stereocenters. The van der Waals surface area contributed by atoms with Crippen molar-refractivity contribution in [1.29, 1.82) is 0 Å². The molecule has 0 saturated carbocycles. The second kappa shape index (κ2) is 10.5. The van der Waals surface area contributed by atoms with E-state index in [9.17, 15) is 14.0 Å². The van der Waals surface area contributed by atoms with Crippen molar-refractivity contribution in [2.24, 2.45) is 0 Å². The zero-order valence-electron chi connectivity index (χ0n) is 17.0. The van der Waals surface area contributed by atoms with E-state index in [2.05, 4.69) is 21.0 Å². The van der Waals surface area contributed by atoms with Crippen LogP contribution in [0.2, 0.25) is 9.49 Å². The van der Waals surface area contributed by atoms with E-state index in [1.165, 1.54) is 29.7 Å². The summed E-state index contributed by atoms with van der Waals surface area (Å²) in [7, 11) is 0. The molecular weight excluding hydrogens is 526 g/mol. The van der Waals surface area contributed by atoms with Crippen LogP contribution in [0.1, 0.15) is 4.88 Å². The van der Waals surface area contributed by atoms with Gasteiger partial charge in [-0.2, -0.15) is 4.98 Å². The third-order valence-electron chi connectivity index (χ3n) is 4.51. The standard InChI is InChI=1S/C17H9Cl2FN4O2S.C5H4ClO/c18-12-6-9(3-4-13(12)20)24-15(25)11-2-1-5-23(14(11)22-17(24)26)8-10-7-21-16(19)27-10;6-5-1-3-7-4-2-5/h1-7H,8H2;1-3,5H. The van der Waals surface area contributed by atoms with Crippen molar-refractivity contribution in [2.75, 3.05) is 0 Å². The molecule has 1 aromatic heterocycles. The van der Waals surface area contributed by atoms with Gasteiger partial charge in [0.25, 0.3) is 5.56 Å². The van der Waals surface area contributed by atoms with Crippen molar-refractivity contribution in [3.05, 3.63) is 108 Å². The van der Waals surface area contributed by atoms with Gasteiger partial charge in [-0.3, -0.25) is 4.79 Å². The number of hydrogen-bond donors (Lipinski definition) is 0. The van der Waals surface area contributed by atoms with Crippen LogP contribution in [-0.4, -0.2) is 24.5 Å². The maximum atomic E-state index is 13.4. The summed E-state index contributed by atoms with van der Waals surface area (Å²) < 4.78 is 20.9. The minimum absolute atomic E-state index is 0.0336. The zero-order chi connectivity index (χ0) is 24.2. The number of pyridine rings is 1. The van der Waals surface area contributed by atoms with Gasteiger partial charge in [0.2, 0.25) is 0 Å². The van der Waals surface area contributed by atoms with Gasteiger partial charge in [0.15, 0.2) is 16.6 Å². The van der Waals surface area contributed by atoms with Crippen LogP contribution >= 0.6 is 46.1 Å². The molecule has 0 spiro atoms. The maximum Gasteiger partial charge on any atom is 0.357 e. The van der Waals surface area contributed by atoms with Gasteiger partial charge in [0, 0.05) is 17.3 Å². The summed E-state index contributed by atoms with van der Waals surface area (Å²) in [6.45, 7) is 0.361. The Morgan fingerprint density at radius 2 is 2.06 bits per heavy atom. The lowest BCUT2D eigenvalue weighted by Crippen LogP contribution is -2.36. The molecule has 1 aromatic carbocycles. The minimum atomic E-state index is -0.780. The molecule has 0 aliphatic carbocycles. The van der Waals surface area contributed by atoms with Crippen molar-refractivity contribution in [2.45, 2.75) is 11.9 Å². The fraction of sp³-hybridized carbons (Fsp3) is 0.0909. The second-order valence-corrected chi connectivity index (χ2v) is 9.37. The van der Waals surface area contributed by atoms with Crippen molar-refractivity contribution in [3.8, 4) is 17.1 Å². The number of hydrogen-bond acceptors (Lipinski definition) is 6. The summed E-state index contributed by atoms with van der Waals surface area (Å²) in [5, 5.41) is -0.224. The van der Waals surface area contributed by atoms with E-state index in [0.29, 0.717) is 11.0 Å². The highest BCUT2D eigenvalue weighted by Gasteiger charge is 2.19. The Morgan fingerprint density at radius 1 is 1.24 bits per heavy atom. The van der Waals surface area contributed by atoms with E-state index in [1.807, 2.05) is 0 Å². The molecule has 4 heterocycles. The Hall–Kier alpha value is -2.98. The number of fused-ring (bicyclic) bond motifs is 1. The van der Waals surface area contributed by atoms with Crippen LogP contribution in [0.25, 0.3) is 17.1 Å². The molecule has 0 N–H and O–H groups in total. The predicted octanol–water partition coefficient (Wildman–Crippen LogP) is 4.90. The number of alkyl halides is 1. The second-order valence-electron chi connectivity index (χ2n) is 6.76. The van der Waals surface area contributed by atoms with Gasteiger partial charge in [0.05, 0.1) is 34.5 Å². The lowest BCUT2D eigenvalue weighted by Gasteiger charge is -2.14. The highest BCUT2D eigenvalue weighted by atomic mass is 35.5. The molecule has 0 amide bonds. The van der Waals surface area contributed by atoms with Gasteiger partial charge in [-0.15, -0.1) is 22.9 Å². The van der Waals surface area contributed by atoms with E-state index in [4.69, 9.17) is 34.8 Å². The first-order chi connectivity index (χ1) is 16.3. The lowest BCUT2D eigenvalue weighted by atomic mass is 10.2. The first-order valence-corrected chi connectivity index (χ1v) is 11.6. The molecule has 0 saturated heterocycles. The zero-order valence-corrected chi connectivity index (χ0v) is 20.1. The number of benzene rings is 1. The molecule has 3 aliphatic rings. The summed E-state index contributed by atoms with van der Waals surface area (Å²) in [5.41, 5.74) is -0.953. The summed E-state index contributed by atoms with van der Waals surface area (Å²) >= 11 is 18.4. The van der Waals surface area contributed by atoms with Crippen LogP contribution in [0.3, 0.4) is 0 Å². The Balaban J connectivity index is 0.000000336. The van der Waals surface area contributed by atoms with Crippen LogP contribution < -0.4 is 11.2 Å². The van der Waals surface area contributed by atoms with E-state index in [0.717, 1.165) is 15.5 Å². The Labute approximate surface area is 211 Å². The first kappa shape index (κ1) is 24.2. The number of ether oxygens (including phenoxy) is 1. The van der Waals surface area contributed by atoms with Gasteiger partial charge in [-0.1, -0.05) is 23.2 Å².